The number of nitrogens with two attached hydrogens (primary N) is 3. The topological polar surface area (TPSA) is 200 Å². The summed E-state index contributed by atoms with van der Waals surface area (Å²) in [6.07, 6.45) is 0. The second-order valence-corrected chi connectivity index (χ2v) is 13.9. The lowest BCUT2D eigenvalue weighted by Gasteiger charge is -2.08. The van der Waals surface area contributed by atoms with Crippen molar-refractivity contribution in [1.82, 2.24) is 0 Å². The molecule has 0 aromatic heterocycles. The molecule has 8 rings (SSSR count). The van der Waals surface area contributed by atoms with Crippen molar-refractivity contribution in [3.05, 3.63) is 267 Å². The SMILES string of the molecule is Cl.Cl.NCc1ccccc1.Nc1ccccc1NCc1ccccc1.Nc1ccccc1NCc1ccccc1.O=[N+]([O-])c1ccccc1F.O=[N+]([O-])c1ccccc1NCc1ccccc1. The van der Waals surface area contributed by atoms with E-state index >= 15 is 0 Å². The summed E-state index contributed by atoms with van der Waals surface area (Å²) in [6.45, 7) is 2.82. The number of nitrogens with zero attached hydrogens (tertiary/aromatic N) is 2. The number of benzene rings is 8. The summed E-state index contributed by atoms with van der Waals surface area (Å²) < 4.78 is 12.4. The van der Waals surface area contributed by atoms with Crippen molar-refractivity contribution in [2.45, 2.75) is 26.2 Å². The van der Waals surface area contributed by atoms with Crippen LogP contribution in [0.4, 0.5) is 44.2 Å². The van der Waals surface area contributed by atoms with E-state index in [4.69, 9.17) is 17.2 Å². The molecule has 0 amide bonds. The Morgan fingerprint density at radius 3 is 0.985 bits per heavy atom. The third-order valence-electron chi connectivity index (χ3n) is 9.13. The highest BCUT2D eigenvalue weighted by Gasteiger charge is 2.12. The fourth-order valence-corrected chi connectivity index (χ4v) is 5.69. The van der Waals surface area contributed by atoms with Crippen molar-refractivity contribution in [3.63, 3.8) is 0 Å². The molecule has 12 nitrogen and oxygen atoms in total. The van der Waals surface area contributed by atoms with Gasteiger partial charge in [-0.1, -0.05) is 170 Å². The molecule has 8 aromatic carbocycles. The second kappa shape index (κ2) is 31.8. The number of nitro benzene ring substituents is 2. The molecular formula is C52H55Cl2FN8O4. The zero-order valence-corrected chi connectivity index (χ0v) is 38.2. The van der Waals surface area contributed by atoms with Gasteiger partial charge in [0.1, 0.15) is 5.69 Å². The monoisotopic (exact) mass is 944 g/mol. The van der Waals surface area contributed by atoms with Crippen LogP contribution in [0.2, 0.25) is 0 Å². The van der Waals surface area contributed by atoms with Gasteiger partial charge in [-0.15, -0.1) is 24.8 Å². The summed E-state index contributed by atoms with van der Waals surface area (Å²) in [7, 11) is 0. The number of nitro groups is 2. The average Bonchev–Trinajstić information content (AvgIpc) is 3.35. The summed E-state index contributed by atoms with van der Waals surface area (Å²) in [6, 6.07) is 67.5. The largest absolute Gasteiger partial charge is 0.397 e. The summed E-state index contributed by atoms with van der Waals surface area (Å²) >= 11 is 0. The standard InChI is InChI=1S/C13H12N2O2.2C13H14N2.C7H9N.C6H4FNO2.2ClH/c16-15(17)13-9-5-4-8-12(13)14-10-11-6-2-1-3-7-11;2*14-12-8-4-5-9-13(12)15-10-11-6-2-1-3-7-11;8-6-7-4-2-1-3-5-7;7-5-3-1-2-4-6(5)8(9)10;;/h1-9,14H,10H2;2*1-9,15H,10,14H2;1-5H,6,8H2;1-4H;2*1H. The summed E-state index contributed by atoms with van der Waals surface area (Å²) in [5, 5.41) is 30.5. The maximum absolute atomic E-state index is 12.4. The van der Waals surface area contributed by atoms with Gasteiger partial charge in [-0.25, -0.2) is 0 Å². The number of hydrogen-bond acceptors (Lipinski definition) is 10. The molecule has 9 N–H and O–H groups in total. The summed E-state index contributed by atoms with van der Waals surface area (Å²) in [5.41, 5.74) is 25.5. The molecule has 8 aromatic rings. The number of para-hydroxylation sites is 7. The van der Waals surface area contributed by atoms with Gasteiger partial charge in [0.25, 0.3) is 5.69 Å². The molecule has 0 saturated heterocycles. The molecule has 0 atom stereocenters. The Kier molecular flexibility index (Phi) is 26.2. The van der Waals surface area contributed by atoms with E-state index in [9.17, 15) is 24.6 Å². The van der Waals surface area contributed by atoms with Crippen LogP contribution in [0, 0.1) is 26.0 Å². The lowest BCUT2D eigenvalue weighted by molar-refractivity contribution is -0.387. The van der Waals surface area contributed by atoms with E-state index in [1.807, 2.05) is 146 Å². The average molecular weight is 946 g/mol. The number of rotatable bonds is 12. The van der Waals surface area contributed by atoms with E-state index in [0.29, 0.717) is 18.8 Å². The van der Waals surface area contributed by atoms with Crippen LogP contribution in [0.25, 0.3) is 0 Å². The molecule has 0 bridgehead atoms. The van der Waals surface area contributed by atoms with Gasteiger partial charge in [0.05, 0.1) is 32.6 Å². The quantitative estimate of drug-likeness (QED) is 0.0389. The summed E-state index contributed by atoms with van der Waals surface area (Å²) in [5.74, 6) is -0.799. The fraction of sp³-hybridized carbons (Fsp3) is 0.0769. The number of nitrogens with one attached hydrogen (secondary N) is 3. The van der Waals surface area contributed by atoms with Gasteiger partial charge in [0.15, 0.2) is 0 Å². The molecule has 15 heteroatoms. The van der Waals surface area contributed by atoms with Crippen LogP contribution >= 0.6 is 24.8 Å². The third-order valence-corrected chi connectivity index (χ3v) is 9.13. The Labute approximate surface area is 403 Å². The van der Waals surface area contributed by atoms with Gasteiger partial charge in [-0.3, -0.25) is 20.2 Å². The van der Waals surface area contributed by atoms with Crippen molar-refractivity contribution >= 4 is 64.6 Å². The highest BCUT2D eigenvalue weighted by Crippen LogP contribution is 2.24. The number of nitrogen functional groups attached to an aromatic ring is 2. The first-order chi connectivity index (χ1) is 31.6. The van der Waals surface area contributed by atoms with Gasteiger partial charge in [-0.2, -0.15) is 4.39 Å². The van der Waals surface area contributed by atoms with Gasteiger partial charge in [0, 0.05) is 38.3 Å². The van der Waals surface area contributed by atoms with Crippen molar-refractivity contribution in [3.8, 4) is 0 Å². The Bertz CT molecular complexity index is 2520. The van der Waals surface area contributed by atoms with Crippen LogP contribution < -0.4 is 33.2 Å². The van der Waals surface area contributed by atoms with Gasteiger partial charge < -0.3 is 33.2 Å². The second-order valence-electron chi connectivity index (χ2n) is 13.9. The van der Waals surface area contributed by atoms with E-state index in [1.54, 1.807) is 18.2 Å². The zero-order valence-electron chi connectivity index (χ0n) is 36.6. The smallest absolute Gasteiger partial charge is 0.304 e. The molecular weight excluding hydrogens is 891 g/mol. The lowest BCUT2D eigenvalue weighted by atomic mass is 10.2. The summed E-state index contributed by atoms with van der Waals surface area (Å²) in [4.78, 5) is 19.6. The predicted octanol–water partition coefficient (Wildman–Crippen LogP) is 12.7. The van der Waals surface area contributed by atoms with Crippen LogP contribution in [0.5, 0.6) is 0 Å². The predicted molar refractivity (Wildman–Crippen MR) is 278 cm³/mol. The van der Waals surface area contributed by atoms with Crippen molar-refractivity contribution in [2.24, 2.45) is 5.73 Å². The molecule has 0 aliphatic rings. The Morgan fingerprint density at radius 2 is 0.672 bits per heavy atom. The molecule has 0 aliphatic carbocycles. The number of hydrogen-bond donors (Lipinski definition) is 6. The molecule has 67 heavy (non-hydrogen) atoms. The van der Waals surface area contributed by atoms with Crippen molar-refractivity contribution < 1.29 is 14.2 Å². The Hall–Kier alpha value is -7.97. The molecule has 0 heterocycles. The lowest BCUT2D eigenvalue weighted by Crippen LogP contribution is -2.02. The number of anilines is 5. The minimum atomic E-state index is -0.799. The van der Waals surface area contributed by atoms with E-state index in [-0.39, 0.29) is 35.4 Å². The molecule has 0 radical (unpaired) electrons. The van der Waals surface area contributed by atoms with Crippen LogP contribution in [-0.2, 0) is 26.2 Å². The Morgan fingerprint density at radius 1 is 0.388 bits per heavy atom. The van der Waals surface area contributed by atoms with Gasteiger partial charge in [-0.05, 0) is 58.7 Å². The maximum Gasteiger partial charge on any atom is 0.304 e. The molecule has 0 fully saturated rings. The first-order valence-corrected chi connectivity index (χ1v) is 20.5. The van der Waals surface area contributed by atoms with Crippen LogP contribution in [0.3, 0.4) is 0 Å². The first-order valence-electron chi connectivity index (χ1n) is 20.5. The molecule has 0 aliphatic heterocycles. The zero-order chi connectivity index (χ0) is 46.5. The first kappa shape index (κ1) is 55.2. The van der Waals surface area contributed by atoms with Crippen LogP contribution in [0.15, 0.2) is 218 Å². The fourth-order valence-electron chi connectivity index (χ4n) is 5.69. The maximum atomic E-state index is 12.4. The highest BCUT2D eigenvalue weighted by atomic mass is 35.5. The molecule has 0 saturated carbocycles. The van der Waals surface area contributed by atoms with Gasteiger partial charge >= 0.3 is 5.69 Å². The van der Waals surface area contributed by atoms with Crippen LogP contribution in [0.1, 0.15) is 22.3 Å². The van der Waals surface area contributed by atoms with Crippen LogP contribution in [-0.4, -0.2) is 9.85 Å². The molecule has 0 unspecified atom stereocenters. The molecule has 0 spiro atoms. The van der Waals surface area contributed by atoms with E-state index < -0.39 is 16.4 Å². The third kappa shape index (κ3) is 21.0. The van der Waals surface area contributed by atoms with E-state index in [0.717, 1.165) is 53.5 Å². The minimum Gasteiger partial charge on any atom is -0.397 e. The minimum absolute atomic E-state index is 0. The van der Waals surface area contributed by atoms with E-state index in [1.165, 1.54) is 34.9 Å². The van der Waals surface area contributed by atoms with Crippen molar-refractivity contribution in [2.75, 3.05) is 27.4 Å². The molecule has 348 valence electrons. The van der Waals surface area contributed by atoms with E-state index in [2.05, 4.69) is 40.2 Å². The normalized spacial score (nSPS) is 9.40. The van der Waals surface area contributed by atoms with Crippen molar-refractivity contribution in [1.29, 1.82) is 0 Å². The Balaban J connectivity index is 0.000000292. The number of halogens is 3. The van der Waals surface area contributed by atoms with Gasteiger partial charge in [0.2, 0.25) is 5.82 Å². The highest BCUT2D eigenvalue weighted by molar-refractivity contribution is 5.85.